The predicted octanol–water partition coefficient (Wildman–Crippen LogP) is 2.08. The molecule has 1 atom stereocenters. The molecule has 1 unspecified atom stereocenters. The van der Waals surface area contributed by atoms with Crippen molar-refractivity contribution in [2.24, 2.45) is 5.41 Å². The Morgan fingerprint density at radius 2 is 1.83 bits per heavy atom. The van der Waals surface area contributed by atoms with Crippen molar-refractivity contribution in [2.75, 3.05) is 6.54 Å². The van der Waals surface area contributed by atoms with Crippen LogP contribution in [-0.2, 0) is 13.1 Å². The molecular formula is C14H27N3O. The van der Waals surface area contributed by atoms with Gasteiger partial charge >= 0.3 is 5.69 Å². The van der Waals surface area contributed by atoms with Crippen molar-refractivity contribution < 1.29 is 0 Å². The third-order valence-electron chi connectivity index (χ3n) is 3.26. The first-order chi connectivity index (χ1) is 8.40. The molecule has 1 aromatic rings. The minimum Gasteiger partial charge on any atom is -0.312 e. The Hall–Kier alpha value is -1.03. The van der Waals surface area contributed by atoms with E-state index < -0.39 is 0 Å². The number of hydrogen-bond donors (Lipinski definition) is 1. The van der Waals surface area contributed by atoms with Crippen LogP contribution in [0.25, 0.3) is 0 Å². The van der Waals surface area contributed by atoms with Gasteiger partial charge in [0.15, 0.2) is 0 Å². The second kappa shape index (κ2) is 6.23. The van der Waals surface area contributed by atoms with Crippen LogP contribution in [0.4, 0.5) is 0 Å². The van der Waals surface area contributed by atoms with Crippen molar-refractivity contribution in [3.8, 4) is 0 Å². The van der Waals surface area contributed by atoms with Crippen LogP contribution in [0.1, 0.15) is 41.0 Å². The Labute approximate surface area is 110 Å². The summed E-state index contributed by atoms with van der Waals surface area (Å²) < 4.78 is 3.60. The van der Waals surface area contributed by atoms with Gasteiger partial charge < -0.3 is 5.32 Å². The average Bonchev–Trinajstić information content (AvgIpc) is 2.60. The SMILES string of the molecule is CCCn1ccn(CC(NCC)C(C)(C)C)c1=O. The molecule has 1 heterocycles. The molecule has 0 aliphatic carbocycles. The lowest BCUT2D eigenvalue weighted by molar-refractivity contribution is 0.243. The normalized spacial score (nSPS) is 13.8. The van der Waals surface area contributed by atoms with E-state index >= 15 is 0 Å². The molecule has 1 N–H and O–H groups in total. The molecule has 1 rings (SSSR count). The molecule has 0 aliphatic heterocycles. The van der Waals surface area contributed by atoms with Crippen LogP contribution in [0.15, 0.2) is 17.2 Å². The van der Waals surface area contributed by atoms with Crippen LogP contribution >= 0.6 is 0 Å². The lowest BCUT2D eigenvalue weighted by Crippen LogP contribution is -2.45. The molecule has 0 aromatic carbocycles. The van der Waals surface area contributed by atoms with Crippen LogP contribution in [-0.4, -0.2) is 21.7 Å². The number of aromatic nitrogens is 2. The lowest BCUT2D eigenvalue weighted by atomic mass is 9.86. The highest BCUT2D eigenvalue weighted by Gasteiger charge is 2.24. The largest absolute Gasteiger partial charge is 0.328 e. The molecule has 0 bridgehead atoms. The zero-order chi connectivity index (χ0) is 13.8. The summed E-state index contributed by atoms with van der Waals surface area (Å²) in [6.07, 6.45) is 4.77. The van der Waals surface area contributed by atoms with E-state index in [-0.39, 0.29) is 11.1 Å². The maximum atomic E-state index is 12.1. The molecule has 4 heteroatoms. The number of imidazole rings is 1. The van der Waals surface area contributed by atoms with E-state index in [9.17, 15) is 4.79 Å². The molecule has 104 valence electrons. The van der Waals surface area contributed by atoms with E-state index in [1.807, 2.05) is 17.0 Å². The summed E-state index contributed by atoms with van der Waals surface area (Å²) in [5.74, 6) is 0. The van der Waals surface area contributed by atoms with Gasteiger partial charge in [0.2, 0.25) is 0 Å². The lowest BCUT2D eigenvalue weighted by Gasteiger charge is -2.31. The van der Waals surface area contributed by atoms with Crippen molar-refractivity contribution in [3.63, 3.8) is 0 Å². The van der Waals surface area contributed by atoms with Gasteiger partial charge in [0, 0.05) is 31.5 Å². The highest BCUT2D eigenvalue weighted by atomic mass is 16.1. The van der Waals surface area contributed by atoms with Crippen molar-refractivity contribution in [1.82, 2.24) is 14.5 Å². The zero-order valence-corrected chi connectivity index (χ0v) is 12.4. The summed E-state index contributed by atoms with van der Waals surface area (Å²) >= 11 is 0. The van der Waals surface area contributed by atoms with Crippen molar-refractivity contribution in [2.45, 2.75) is 60.2 Å². The Balaban J connectivity index is 2.85. The molecule has 0 radical (unpaired) electrons. The summed E-state index contributed by atoms with van der Waals surface area (Å²) in [5, 5.41) is 3.47. The van der Waals surface area contributed by atoms with Crippen LogP contribution in [0.3, 0.4) is 0 Å². The van der Waals surface area contributed by atoms with Gasteiger partial charge in [-0.25, -0.2) is 4.79 Å². The molecule has 0 aliphatic rings. The van der Waals surface area contributed by atoms with Gasteiger partial charge in [0.25, 0.3) is 0 Å². The Morgan fingerprint density at radius 1 is 1.22 bits per heavy atom. The van der Waals surface area contributed by atoms with E-state index in [1.165, 1.54) is 0 Å². The van der Waals surface area contributed by atoms with Crippen LogP contribution in [0.5, 0.6) is 0 Å². The van der Waals surface area contributed by atoms with E-state index in [4.69, 9.17) is 0 Å². The van der Waals surface area contributed by atoms with Crippen LogP contribution in [0, 0.1) is 5.41 Å². The van der Waals surface area contributed by atoms with E-state index in [1.54, 1.807) is 4.57 Å². The van der Waals surface area contributed by atoms with Crippen molar-refractivity contribution in [3.05, 3.63) is 22.9 Å². The van der Waals surface area contributed by atoms with Gasteiger partial charge in [-0.05, 0) is 18.4 Å². The first-order valence-electron chi connectivity index (χ1n) is 6.89. The Morgan fingerprint density at radius 3 is 2.33 bits per heavy atom. The zero-order valence-electron chi connectivity index (χ0n) is 12.4. The molecule has 4 nitrogen and oxygen atoms in total. The average molecular weight is 253 g/mol. The van der Waals surface area contributed by atoms with E-state index in [0.717, 1.165) is 26.1 Å². The molecule has 18 heavy (non-hydrogen) atoms. The minimum atomic E-state index is 0.101. The van der Waals surface area contributed by atoms with Crippen molar-refractivity contribution >= 4 is 0 Å². The molecular weight excluding hydrogens is 226 g/mol. The van der Waals surface area contributed by atoms with Gasteiger partial charge in [-0.3, -0.25) is 9.13 Å². The summed E-state index contributed by atoms with van der Waals surface area (Å²) in [6, 6.07) is 0.303. The highest BCUT2D eigenvalue weighted by Crippen LogP contribution is 2.20. The van der Waals surface area contributed by atoms with Gasteiger partial charge in [0.1, 0.15) is 0 Å². The molecule has 0 spiro atoms. The highest BCUT2D eigenvalue weighted by molar-refractivity contribution is 4.87. The fraction of sp³-hybridized carbons (Fsp3) is 0.786. The monoisotopic (exact) mass is 253 g/mol. The fourth-order valence-electron chi connectivity index (χ4n) is 2.09. The van der Waals surface area contributed by atoms with Gasteiger partial charge in [-0.2, -0.15) is 0 Å². The smallest absolute Gasteiger partial charge is 0.312 e. The number of nitrogens with zero attached hydrogens (tertiary/aromatic N) is 2. The fourth-order valence-corrected chi connectivity index (χ4v) is 2.09. The third-order valence-corrected chi connectivity index (χ3v) is 3.26. The molecule has 0 saturated heterocycles. The van der Waals surface area contributed by atoms with Gasteiger partial charge in [0.05, 0.1) is 0 Å². The van der Waals surface area contributed by atoms with Gasteiger partial charge in [-0.15, -0.1) is 0 Å². The molecule has 1 aromatic heterocycles. The Kier molecular flexibility index (Phi) is 5.20. The summed E-state index contributed by atoms with van der Waals surface area (Å²) in [7, 11) is 0. The Bertz CT molecular complexity index is 411. The van der Waals surface area contributed by atoms with E-state index in [0.29, 0.717) is 6.04 Å². The topological polar surface area (TPSA) is 39.0 Å². The summed E-state index contributed by atoms with van der Waals surface area (Å²) in [5.41, 5.74) is 0.242. The summed E-state index contributed by atoms with van der Waals surface area (Å²) in [4.78, 5) is 12.1. The first-order valence-corrected chi connectivity index (χ1v) is 6.89. The standard InChI is InChI=1S/C14H27N3O/c1-6-8-16-9-10-17(13(16)18)11-12(15-7-2)14(3,4)5/h9-10,12,15H,6-8,11H2,1-5H3. The second-order valence-corrected chi connectivity index (χ2v) is 5.90. The number of rotatable bonds is 6. The molecule has 0 saturated carbocycles. The number of aryl methyl sites for hydroxylation is 1. The summed E-state index contributed by atoms with van der Waals surface area (Å²) in [6.45, 7) is 13.2. The molecule has 0 fully saturated rings. The van der Waals surface area contributed by atoms with Gasteiger partial charge in [-0.1, -0.05) is 34.6 Å². The predicted molar refractivity (Wildman–Crippen MR) is 75.9 cm³/mol. The second-order valence-electron chi connectivity index (χ2n) is 5.90. The third kappa shape index (κ3) is 3.73. The van der Waals surface area contributed by atoms with Crippen LogP contribution in [0.2, 0.25) is 0 Å². The maximum Gasteiger partial charge on any atom is 0.328 e. The maximum absolute atomic E-state index is 12.1. The minimum absolute atomic E-state index is 0.101. The van der Waals surface area contributed by atoms with Crippen LogP contribution < -0.4 is 11.0 Å². The quantitative estimate of drug-likeness (QED) is 0.843. The number of hydrogen-bond acceptors (Lipinski definition) is 2. The first kappa shape index (κ1) is 15.0. The van der Waals surface area contributed by atoms with Crippen molar-refractivity contribution in [1.29, 1.82) is 0 Å². The number of likely N-dealkylation sites (N-methyl/N-ethyl adjacent to an activating group) is 1. The number of nitrogens with one attached hydrogen (secondary N) is 1. The molecule has 0 amide bonds. The van der Waals surface area contributed by atoms with E-state index in [2.05, 4.69) is 39.9 Å².